The van der Waals surface area contributed by atoms with Crippen LogP contribution < -0.4 is 5.32 Å². The van der Waals surface area contributed by atoms with Gasteiger partial charge in [-0.15, -0.1) is 0 Å². The minimum absolute atomic E-state index is 0.263. The molecule has 4 nitrogen and oxygen atoms in total. The molecule has 18 heavy (non-hydrogen) atoms. The van der Waals surface area contributed by atoms with Gasteiger partial charge in [0, 0.05) is 25.2 Å². The fourth-order valence-electron chi connectivity index (χ4n) is 1.92. The predicted octanol–water partition coefficient (Wildman–Crippen LogP) is 1.82. The number of hydrogen-bond donors (Lipinski definition) is 1. The minimum atomic E-state index is -3.16. The molecule has 0 saturated heterocycles. The van der Waals surface area contributed by atoms with Gasteiger partial charge in [0.2, 0.25) is 10.0 Å². The highest BCUT2D eigenvalue weighted by Crippen LogP contribution is 2.31. The maximum absolute atomic E-state index is 12.5. The van der Waals surface area contributed by atoms with E-state index in [0.717, 1.165) is 12.8 Å². The number of rotatable bonds is 8. The van der Waals surface area contributed by atoms with Crippen LogP contribution >= 0.6 is 0 Å². The maximum Gasteiger partial charge on any atom is 0.218 e. The van der Waals surface area contributed by atoms with Gasteiger partial charge in [-0.2, -0.15) is 4.31 Å². The van der Waals surface area contributed by atoms with E-state index in [9.17, 15) is 8.42 Å². The maximum atomic E-state index is 12.5. The topological polar surface area (TPSA) is 49.4 Å². The molecule has 0 heterocycles. The highest BCUT2D eigenvalue weighted by molar-refractivity contribution is 7.89. The van der Waals surface area contributed by atoms with Crippen molar-refractivity contribution in [1.82, 2.24) is 9.62 Å². The Bertz CT molecular complexity index is 348. The molecule has 5 heteroatoms. The van der Waals surface area contributed by atoms with E-state index in [4.69, 9.17) is 0 Å². The fourth-order valence-corrected chi connectivity index (χ4v) is 3.82. The van der Waals surface area contributed by atoms with E-state index in [-0.39, 0.29) is 11.3 Å². The lowest BCUT2D eigenvalue weighted by molar-refractivity contribution is 0.354. The van der Waals surface area contributed by atoms with Crippen molar-refractivity contribution in [3.63, 3.8) is 0 Å². The zero-order valence-corrected chi connectivity index (χ0v) is 13.1. The van der Waals surface area contributed by atoms with E-state index < -0.39 is 10.0 Å². The van der Waals surface area contributed by atoms with Crippen molar-refractivity contribution in [2.75, 3.05) is 13.1 Å². The average Bonchev–Trinajstić information content (AvgIpc) is 3.05. The van der Waals surface area contributed by atoms with Crippen LogP contribution in [-0.4, -0.2) is 43.1 Å². The summed E-state index contributed by atoms with van der Waals surface area (Å²) in [5, 5.41) is 2.87. The predicted molar refractivity (Wildman–Crippen MR) is 76.1 cm³/mol. The lowest BCUT2D eigenvalue weighted by Crippen LogP contribution is -2.45. The van der Waals surface area contributed by atoms with Crippen molar-refractivity contribution >= 4 is 10.0 Å². The molecule has 0 aliphatic heterocycles. The molecule has 1 atom stereocenters. The molecule has 1 rings (SSSR count). The first kappa shape index (κ1) is 15.9. The third-order valence-corrected chi connectivity index (χ3v) is 5.43. The van der Waals surface area contributed by atoms with Crippen LogP contribution in [0.3, 0.4) is 0 Å². The van der Waals surface area contributed by atoms with Gasteiger partial charge in [0.05, 0.1) is 5.25 Å². The first-order chi connectivity index (χ1) is 8.25. The van der Waals surface area contributed by atoms with Gasteiger partial charge in [0.25, 0.3) is 0 Å². The van der Waals surface area contributed by atoms with Crippen molar-refractivity contribution < 1.29 is 8.42 Å². The standard InChI is InChI=1S/C13H28N2O2S/c1-10(2)9-15(13-6-7-13)18(16,17)12(5)8-14-11(3)4/h10-14H,6-9H2,1-5H3. The quantitative estimate of drug-likeness (QED) is 0.736. The molecule has 1 aliphatic carbocycles. The smallest absolute Gasteiger partial charge is 0.218 e. The van der Waals surface area contributed by atoms with E-state index in [0.29, 0.717) is 25.0 Å². The van der Waals surface area contributed by atoms with Gasteiger partial charge >= 0.3 is 0 Å². The number of nitrogens with zero attached hydrogens (tertiary/aromatic N) is 1. The van der Waals surface area contributed by atoms with Crippen LogP contribution in [0.25, 0.3) is 0 Å². The van der Waals surface area contributed by atoms with Crippen molar-refractivity contribution in [3.05, 3.63) is 0 Å². The third kappa shape index (κ3) is 4.52. The van der Waals surface area contributed by atoms with Gasteiger partial charge in [-0.3, -0.25) is 0 Å². The molecule has 1 unspecified atom stereocenters. The van der Waals surface area contributed by atoms with Crippen LogP contribution in [0.1, 0.15) is 47.5 Å². The first-order valence-corrected chi connectivity index (χ1v) is 8.49. The molecule has 0 aromatic rings. The van der Waals surface area contributed by atoms with Gasteiger partial charge in [0.1, 0.15) is 0 Å². The Kier molecular flexibility index (Phi) is 5.62. The Hall–Kier alpha value is -0.130. The summed E-state index contributed by atoms with van der Waals surface area (Å²) in [7, 11) is -3.16. The van der Waals surface area contributed by atoms with Gasteiger partial charge in [0.15, 0.2) is 0 Å². The molecule has 0 aromatic heterocycles. The number of nitrogens with one attached hydrogen (secondary N) is 1. The lowest BCUT2D eigenvalue weighted by atomic mass is 10.2. The molecule has 1 aliphatic rings. The van der Waals surface area contributed by atoms with Crippen LogP contribution in [0.4, 0.5) is 0 Å². The molecule has 1 N–H and O–H groups in total. The van der Waals surface area contributed by atoms with E-state index >= 15 is 0 Å². The molecule has 0 spiro atoms. The largest absolute Gasteiger partial charge is 0.313 e. The molecule has 0 aromatic carbocycles. The van der Waals surface area contributed by atoms with E-state index in [2.05, 4.69) is 19.2 Å². The summed E-state index contributed by atoms with van der Waals surface area (Å²) in [6.07, 6.45) is 2.05. The SMILES string of the molecule is CC(C)CN(C1CC1)S(=O)(=O)C(C)CNC(C)C. The minimum Gasteiger partial charge on any atom is -0.313 e. The van der Waals surface area contributed by atoms with Gasteiger partial charge < -0.3 is 5.32 Å². The van der Waals surface area contributed by atoms with Gasteiger partial charge in [-0.1, -0.05) is 27.7 Å². The van der Waals surface area contributed by atoms with Gasteiger partial charge in [-0.05, 0) is 25.7 Å². The normalized spacial score (nSPS) is 18.9. The molecule has 0 amide bonds. The Morgan fingerprint density at radius 2 is 1.72 bits per heavy atom. The van der Waals surface area contributed by atoms with Crippen LogP contribution in [0.15, 0.2) is 0 Å². The first-order valence-electron chi connectivity index (χ1n) is 6.99. The monoisotopic (exact) mass is 276 g/mol. The average molecular weight is 276 g/mol. The lowest BCUT2D eigenvalue weighted by Gasteiger charge is -2.27. The zero-order valence-electron chi connectivity index (χ0n) is 12.3. The van der Waals surface area contributed by atoms with Crippen LogP contribution in [0.5, 0.6) is 0 Å². The van der Waals surface area contributed by atoms with Crippen molar-refractivity contribution in [1.29, 1.82) is 0 Å². The third-order valence-electron chi connectivity index (χ3n) is 3.15. The summed E-state index contributed by atoms with van der Waals surface area (Å²) in [4.78, 5) is 0. The Morgan fingerprint density at radius 3 is 2.11 bits per heavy atom. The van der Waals surface area contributed by atoms with E-state index in [1.165, 1.54) is 0 Å². The number of sulfonamides is 1. The summed E-state index contributed by atoms with van der Waals surface area (Å²) < 4.78 is 26.8. The molecular formula is C13H28N2O2S. The molecule has 0 radical (unpaired) electrons. The van der Waals surface area contributed by atoms with E-state index in [1.54, 1.807) is 11.2 Å². The summed E-state index contributed by atoms with van der Waals surface area (Å²) >= 11 is 0. The molecule has 1 saturated carbocycles. The molecule has 0 bridgehead atoms. The highest BCUT2D eigenvalue weighted by atomic mass is 32.2. The van der Waals surface area contributed by atoms with Crippen LogP contribution in [0, 0.1) is 5.92 Å². The Balaban J connectivity index is 2.68. The van der Waals surface area contributed by atoms with E-state index in [1.807, 2.05) is 13.8 Å². The Labute approximate surface area is 112 Å². The summed E-state index contributed by atoms with van der Waals surface area (Å²) in [6, 6.07) is 0.584. The summed E-state index contributed by atoms with van der Waals surface area (Å²) in [6.45, 7) is 11.2. The Morgan fingerprint density at radius 1 is 1.17 bits per heavy atom. The zero-order chi connectivity index (χ0) is 13.9. The second-order valence-corrected chi connectivity index (χ2v) is 8.42. The molecular weight excluding hydrogens is 248 g/mol. The van der Waals surface area contributed by atoms with Crippen LogP contribution in [0.2, 0.25) is 0 Å². The van der Waals surface area contributed by atoms with Gasteiger partial charge in [-0.25, -0.2) is 8.42 Å². The summed E-state index contributed by atoms with van der Waals surface area (Å²) in [5.74, 6) is 0.380. The van der Waals surface area contributed by atoms with Crippen molar-refractivity contribution in [2.45, 2.75) is 64.8 Å². The van der Waals surface area contributed by atoms with Crippen molar-refractivity contribution in [2.24, 2.45) is 5.92 Å². The highest BCUT2D eigenvalue weighted by Gasteiger charge is 2.39. The number of hydrogen-bond acceptors (Lipinski definition) is 3. The van der Waals surface area contributed by atoms with Crippen LogP contribution in [-0.2, 0) is 10.0 Å². The van der Waals surface area contributed by atoms with Crippen molar-refractivity contribution in [3.8, 4) is 0 Å². The fraction of sp³-hybridized carbons (Fsp3) is 1.00. The molecule has 1 fully saturated rings. The second kappa shape index (κ2) is 6.35. The molecule has 108 valence electrons. The second-order valence-electron chi connectivity index (χ2n) is 6.11. The summed E-state index contributed by atoms with van der Waals surface area (Å²) in [5.41, 5.74) is 0.